The molecule has 0 fully saturated rings. The van der Waals surface area contributed by atoms with E-state index in [9.17, 15) is 5.11 Å². The fourth-order valence-electron chi connectivity index (χ4n) is 2.22. The maximum absolute atomic E-state index is 9.33. The lowest BCUT2D eigenvalue weighted by atomic mass is 10.0. The summed E-state index contributed by atoms with van der Waals surface area (Å²) in [7, 11) is 1.96. The largest absolute Gasteiger partial charge is 0.396 e. The lowest BCUT2D eigenvalue weighted by molar-refractivity contribution is 0.268. The first-order chi connectivity index (χ1) is 8.20. The summed E-state index contributed by atoms with van der Waals surface area (Å²) < 4.78 is 2.04. The Kier molecular flexibility index (Phi) is 3.04. The third-order valence-corrected chi connectivity index (χ3v) is 3.15. The molecule has 1 N–H and O–H groups in total. The summed E-state index contributed by atoms with van der Waals surface area (Å²) in [6.45, 7) is 1.78. The molecule has 0 amide bonds. The molecule has 1 heterocycles. The van der Waals surface area contributed by atoms with Crippen molar-refractivity contribution in [1.29, 1.82) is 0 Å². The number of nitrogens with zero attached hydrogens (tertiary/aromatic N) is 4. The molecule has 1 aromatic carbocycles. The quantitative estimate of drug-likeness (QED) is 0.491. The van der Waals surface area contributed by atoms with E-state index in [2.05, 4.69) is 10.0 Å². The topological polar surface area (TPSA) is 73.9 Å². The molecule has 2 rings (SSSR count). The molecular weight excluding hydrogens is 216 g/mol. The van der Waals surface area contributed by atoms with Crippen LogP contribution in [-0.4, -0.2) is 16.3 Å². The molecule has 0 aliphatic carbocycles. The van der Waals surface area contributed by atoms with Crippen LogP contribution in [0, 0.1) is 6.92 Å². The number of benzene rings is 1. The van der Waals surface area contributed by atoms with Crippen LogP contribution in [0.1, 0.15) is 17.3 Å². The van der Waals surface area contributed by atoms with Crippen LogP contribution in [0.25, 0.3) is 21.3 Å². The minimum atomic E-state index is -0.522. The summed E-state index contributed by atoms with van der Waals surface area (Å²) in [6.07, 6.45) is 0. The summed E-state index contributed by atoms with van der Waals surface area (Å²) in [5.41, 5.74) is 11.5. The van der Waals surface area contributed by atoms with Gasteiger partial charge in [0.1, 0.15) is 0 Å². The maximum Gasteiger partial charge on any atom is 0.0879 e. The zero-order valence-corrected chi connectivity index (χ0v) is 9.83. The molecule has 5 heteroatoms. The number of aliphatic hydroxyl groups is 1. The first-order valence-corrected chi connectivity index (χ1v) is 5.39. The molecule has 0 radical (unpaired) electrons. The van der Waals surface area contributed by atoms with Crippen molar-refractivity contribution in [2.75, 3.05) is 6.61 Å². The molecule has 0 saturated carbocycles. The van der Waals surface area contributed by atoms with E-state index in [0.717, 1.165) is 22.2 Å². The van der Waals surface area contributed by atoms with Crippen molar-refractivity contribution in [3.05, 3.63) is 46.0 Å². The van der Waals surface area contributed by atoms with E-state index in [1.54, 1.807) is 0 Å². The SMILES string of the molecule is Cc1c(C(CO)N=[N+]=[N-])c2ccccc2n1C. The van der Waals surface area contributed by atoms with Crippen LogP contribution in [0.15, 0.2) is 29.4 Å². The van der Waals surface area contributed by atoms with E-state index in [1.807, 2.05) is 42.8 Å². The van der Waals surface area contributed by atoms with Gasteiger partial charge in [-0.15, -0.1) is 0 Å². The van der Waals surface area contributed by atoms with Crippen molar-refractivity contribution in [3.8, 4) is 0 Å². The Labute approximate surface area is 98.9 Å². The fourth-order valence-corrected chi connectivity index (χ4v) is 2.22. The normalized spacial score (nSPS) is 12.4. The second-order valence-corrected chi connectivity index (χ2v) is 3.98. The van der Waals surface area contributed by atoms with Crippen LogP contribution in [0.5, 0.6) is 0 Å². The highest BCUT2D eigenvalue weighted by molar-refractivity contribution is 5.86. The van der Waals surface area contributed by atoms with Gasteiger partial charge in [0, 0.05) is 28.6 Å². The van der Waals surface area contributed by atoms with Gasteiger partial charge >= 0.3 is 0 Å². The van der Waals surface area contributed by atoms with Crippen molar-refractivity contribution in [2.24, 2.45) is 12.2 Å². The van der Waals surface area contributed by atoms with Crippen LogP contribution in [-0.2, 0) is 7.05 Å². The molecule has 0 spiro atoms. The summed E-state index contributed by atoms with van der Waals surface area (Å²) in [5, 5.41) is 14.0. The van der Waals surface area contributed by atoms with E-state index < -0.39 is 6.04 Å². The highest BCUT2D eigenvalue weighted by Crippen LogP contribution is 2.31. The zero-order chi connectivity index (χ0) is 12.4. The number of rotatable bonds is 3. The van der Waals surface area contributed by atoms with E-state index in [1.165, 1.54) is 0 Å². The van der Waals surface area contributed by atoms with Gasteiger partial charge in [0.2, 0.25) is 0 Å². The average Bonchev–Trinajstić information content (AvgIpc) is 2.61. The summed E-state index contributed by atoms with van der Waals surface area (Å²) in [5.74, 6) is 0. The number of aliphatic hydroxyl groups excluding tert-OH is 1. The lowest BCUT2D eigenvalue weighted by Crippen LogP contribution is -2.02. The van der Waals surface area contributed by atoms with Crippen LogP contribution in [0.3, 0.4) is 0 Å². The summed E-state index contributed by atoms with van der Waals surface area (Å²) >= 11 is 0. The number of hydrogen-bond acceptors (Lipinski definition) is 2. The van der Waals surface area contributed by atoms with Gasteiger partial charge in [0.25, 0.3) is 0 Å². The minimum absolute atomic E-state index is 0.182. The van der Waals surface area contributed by atoms with Crippen LogP contribution < -0.4 is 0 Å². The van der Waals surface area contributed by atoms with Gasteiger partial charge in [0.15, 0.2) is 0 Å². The fraction of sp³-hybridized carbons (Fsp3) is 0.333. The van der Waals surface area contributed by atoms with Gasteiger partial charge in [-0.05, 0) is 24.1 Å². The summed E-state index contributed by atoms with van der Waals surface area (Å²) in [6, 6.07) is 7.37. The number of para-hydroxylation sites is 1. The molecule has 0 aliphatic heterocycles. The Hall–Kier alpha value is -1.97. The molecule has 0 aliphatic rings. The number of fused-ring (bicyclic) bond motifs is 1. The second-order valence-electron chi connectivity index (χ2n) is 3.98. The maximum atomic E-state index is 9.33. The van der Waals surface area contributed by atoms with Crippen LogP contribution >= 0.6 is 0 Å². The molecule has 1 atom stereocenters. The Bertz CT molecular complexity index is 596. The predicted octanol–water partition coefficient (Wildman–Crippen LogP) is 2.83. The van der Waals surface area contributed by atoms with Gasteiger partial charge < -0.3 is 9.67 Å². The Balaban J connectivity index is 2.75. The molecule has 0 bridgehead atoms. The molecule has 1 aromatic heterocycles. The van der Waals surface area contributed by atoms with E-state index >= 15 is 0 Å². The second kappa shape index (κ2) is 4.49. The third-order valence-electron chi connectivity index (χ3n) is 3.15. The number of azide groups is 1. The average molecular weight is 230 g/mol. The molecule has 1 unspecified atom stereocenters. The van der Waals surface area contributed by atoms with Gasteiger partial charge in [0.05, 0.1) is 12.6 Å². The minimum Gasteiger partial charge on any atom is -0.396 e. The van der Waals surface area contributed by atoms with E-state index in [-0.39, 0.29) is 6.61 Å². The standard InChI is InChI=1S/C12H14N4O/c1-8-12(10(7-17)14-15-13)9-5-3-4-6-11(9)16(8)2/h3-6,10,17H,7H2,1-2H3. The highest BCUT2D eigenvalue weighted by Gasteiger charge is 2.18. The van der Waals surface area contributed by atoms with Crippen LogP contribution in [0.4, 0.5) is 0 Å². The monoisotopic (exact) mass is 230 g/mol. The molecule has 5 nitrogen and oxygen atoms in total. The van der Waals surface area contributed by atoms with Crippen molar-refractivity contribution in [2.45, 2.75) is 13.0 Å². The molecule has 2 aromatic rings. The molecule has 17 heavy (non-hydrogen) atoms. The van der Waals surface area contributed by atoms with Crippen LogP contribution in [0.2, 0.25) is 0 Å². The Morgan fingerprint density at radius 2 is 2.18 bits per heavy atom. The van der Waals surface area contributed by atoms with Crippen molar-refractivity contribution in [1.82, 2.24) is 4.57 Å². The smallest absolute Gasteiger partial charge is 0.0879 e. The first kappa shape index (κ1) is 11.5. The Morgan fingerprint density at radius 1 is 1.47 bits per heavy atom. The molecule has 0 saturated heterocycles. The van der Waals surface area contributed by atoms with Gasteiger partial charge in [-0.1, -0.05) is 23.3 Å². The number of hydrogen-bond donors (Lipinski definition) is 1. The van der Waals surface area contributed by atoms with E-state index in [4.69, 9.17) is 5.53 Å². The van der Waals surface area contributed by atoms with Crippen molar-refractivity contribution >= 4 is 10.9 Å². The van der Waals surface area contributed by atoms with E-state index in [0.29, 0.717) is 0 Å². The lowest BCUT2D eigenvalue weighted by Gasteiger charge is -2.08. The third kappa shape index (κ3) is 1.75. The van der Waals surface area contributed by atoms with Crippen molar-refractivity contribution in [3.63, 3.8) is 0 Å². The number of aromatic nitrogens is 1. The molecular formula is C12H14N4O. The molecule has 88 valence electrons. The van der Waals surface area contributed by atoms with Gasteiger partial charge in [-0.25, -0.2) is 0 Å². The number of aryl methyl sites for hydroxylation is 1. The zero-order valence-electron chi connectivity index (χ0n) is 9.83. The van der Waals surface area contributed by atoms with Gasteiger partial charge in [-0.3, -0.25) is 0 Å². The first-order valence-electron chi connectivity index (χ1n) is 5.39. The van der Waals surface area contributed by atoms with Gasteiger partial charge in [-0.2, -0.15) is 0 Å². The highest BCUT2D eigenvalue weighted by atomic mass is 16.3. The predicted molar refractivity (Wildman–Crippen MR) is 66.6 cm³/mol. The Morgan fingerprint density at radius 3 is 2.82 bits per heavy atom. The summed E-state index contributed by atoms with van der Waals surface area (Å²) in [4.78, 5) is 2.80. The van der Waals surface area contributed by atoms with Crippen molar-refractivity contribution < 1.29 is 5.11 Å².